The quantitative estimate of drug-likeness (QED) is 0.738. The summed E-state index contributed by atoms with van der Waals surface area (Å²) >= 11 is 0. The lowest BCUT2D eigenvalue weighted by molar-refractivity contribution is -0.00617. The molecule has 0 radical (unpaired) electrons. The highest BCUT2D eigenvalue weighted by atomic mass is 16.5. The topological polar surface area (TPSA) is 64.3 Å². The van der Waals surface area contributed by atoms with Crippen molar-refractivity contribution in [3.63, 3.8) is 0 Å². The molecule has 28 heavy (non-hydrogen) atoms. The van der Waals surface area contributed by atoms with E-state index in [2.05, 4.69) is 11.4 Å². The van der Waals surface area contributed by atoms with E-state index in [4.69, 9.17) is 10.5 Å². The summed E-state index contributed by atoms with van der Waals surface area (Å²) < 4.78 is 5.76. The Kier molecular flexibility index (Phi) is 4.11. The lowest BCUT2D eigenvalue weighted by Crippen LogP contribution is -2.48. The first-order chi connectivity index (χ1) is 13.6. The Morgan fingerprint density at radius 2 is 1.68 bits per heavy atom. The Balaban J connectivity index is 1.49. The second-order valence-corrected chi connectivity index (χ2v) is 9.15. The van der Waals surface area contributed by atoms with Crippen molar-refractivity contribution >= 4 is 17.3 Å². The number of benzene rings is 2. The molecule has 0 aromatic heterocycles. The smallest absolute Gasteiger partial charge is 0.255 e. The molecule has 2 aromatic carbocycles. The summed E-state index contributed by atoms with van der Waals surface area (Å²) in [6.45, 7) is 0. The van der Waals surface area contributed by atoms with Crippen LogP contribution in [0.25, 0.3) is 0 Å². The fourth-order valence-corrected chi connectivity index (χ4v) is 6.51. The second kappa shape index (κ2) is 6.54. The van der Waals surface area contributed by atoms with E-state index in [1.165, 1.54) is 44.1 Å². The maximum atomic E-state index is 12.9. The Bertz CT molecular complexity index is 885. The van der Waals surface area contributed by atoms with E-state index in [1.807, 2.05) is 30.3 Å². The Morgan fingerprint density at radius 1 is 1.04 bits per heavy atom. The van der Waals surface area contributed by atoms with Crippen molar-refractivity contribution in [2.24, 2.45) is 17.8 Å². The molecular formula is C24H28N2O2. The van der Waals surface area contributed by atoms with Crippen LogP contribution < -0.4 is 15.8 Å². The van der Waals surface area contributed by atoms with E-state index in [-0.39, 0.29) is 11.3 Å². The van der Waals surface area contributed by atoms with Crippen molar-refractivity contribution in [1.82, 2.24) is 0 Å². The van der Waals surface area contributed by atoms with Gasteiger partial charge in [0.1, 0.15) is 5.75 Å². The number of para-hydroxylation sites is 2. The molecule has 2 aromatic rings. The Hall–Kier alpha value is -2.49. The molecule has 4 fully saturated rings. The van der Waals surface area contributed by atoms with E-state index in [0.717, 1.165) is 23.5 Å². The van der Waals surface area contributed by atoms with E-state index in [1.54, 1.807) is 13.2 Å². The molecule has 4 bridgehead atoms. The van der Waals surface area contributed by atoms with E-state index in [0.29, 0.717) is 16.9 Å². The summed E-state index contributed by atoms with van der Waals surface area (Å²) in [5.41, 5.74) is 9.31. The average Bonchev–Trinajstić information content (AvgIpc) is 2.68. The average molecular weight is 377 g/mol. The van der Waals surface area contributed by atoms with Gasteiger partial charge in [-0.1, -0.05) is 12.1 Å². The molecule has 0 atom stereocenters. The molecule has 0 saturated heterocycles. The first-order valence-corrected chi connectivity index (χ1v) is 10.4. The number of hydrogen-bond donors (Lipinski definition) is 2. The SMILES string of the molecule is COc1ccc(C(=O)Nc2ccccc2N)cc1C12CC3CC(CC(C3)C1)C2. The van der Waals surface area contributed by atoms with E-state index < -0.39 is 0 Å². The summed E-state index contributed by atoms with van der Waals surface area (Å²) in [6.07, 6.45) is 7.92. The van der Waals surface area contributed by atoms with Crippen LogP contribution in [-0.2, 0) is 5.41 Å². The molecule has 4 heteroatoms. The molecule has 0 heterocycles. The molecule has 4 aliphatic carbocycles. The molecule has 1 amide bonds. The highest BCUT2D eigenvalue weighted by Crippen LogP contribution is 2.61. The summed E-state index contributed by atoms with van der Waals surface area (Å²) in [7, 11) is 1.74. The van der Waals surface area contributed by atoms with Crippen LogP contribution >= 0.6 is 0 Å². The van der Waals surface area contributed by atoms with E-state index >= 15 is 0 Å². The summed E-state index contributed by atoms with van der Waals surface area (Å²) in [6, 6.07) is 13.3. The Morgan fingerprint density at radius 3 is 2.29 bits per heavy atom. The van der Waals surface area contributed by atoms with Crippen molar-refractivity contribution in [2.75, 3.05) is 18.2 Å². The van der Waals surface area contributed by atoms with Crippen LogP contribution in [0, 0.1) is 17.8 Å². The van der Waals surface area contributed by atoms with Gasteiger partial charge in [0.25, 0.3) is 5.91 Å². The van der Waals surface area contributed by atoms with Gasteiger partial charge in [0.05, 0.1) is 18.5 Å². The predicted octanol–water partition coefficient (Wildman–Crippen LogP) is 5.00. The number of methoxy groups -OCH3 is 1. The van der Waals surface area contributed by atoms with Gasteiger partial charge < -0.3 is 15.8 Å². The zero-order chi connectivity index (χ0) is 19.3. The normalized spacial score (nSPS) is 30.2. The van der Waals surface area contributed by atoms with Gasteiger partial charge in [-0.25, -0.2) is 0 Å². The molecule has 146 valence electrons. The molecule has 3 N–H and O–H groups in total. The van der Waals surface area contributed by atoms with Gasteiger partial charge >= 0.3 is 0 Å². The number of carbonyl (C=O) groups excluding carboxylic acids is 1. The number of nitrogens with one attached hydrogen (secondary N) is 1. The lowest BCUT2D eigenvalue weighted by Gasteiger charge is -2.57. The molecular weight excluding hydrogens is 348 g/mol. The molecule has 0 unspecified atom stereocenters. The van der Waals surface area contributed by atoms with Crippen LogP contribution in [0.5, 0.6) is 5.75 Å². The van der Waals surface area contributed by atoms with Gasteiger partial charge in [-0.3, -0.25) is 4.79 Å². The molecule has 4 aliphatic rings. The lowest BCUT2D eigenvalue weighted by atomic mass is 9.48. The van der Waals surface area contributed by atoms with Crippen LogP contribution in [0.4, 0.5) is 11.4 Å². The molecule has 0 aliphatic heterocycles. The number of rotatable bonds is 4. The van der Waals surface area contributed by atoms with Crippen LogP contribution in [-0.4, -0.2) is 13.0 Å². The minimum absolute atomic E-state index is 0.119. The third-order valence-corrected chi connectivity index (χ3v) is 7.28. The number of anilines is 2. The largest absolute Gasteiger partial charge is 0.496 e. The van der Waals surface area contributed by atoms with Crippen molar-refractivity contribution in [2.45, 2.75) is 43.9 Å². The predicted molar refractivity (Wildman–Crippen MR) is 112 cm³/mol. The van der Waals surface area contributed by atoms with Crippen LogP contribution in [0.3, 0.4) is 0 Å². The maximum Gasteiger partial charge on any atom is 0.255 e. The number of carbonyl (C=O) groups is 1. The van der Waals surface area contributed by atoms with Gasteiger partial charge in [0.2, 0.25) is 0 Å². The fourth-order valence-electron chi connectivity index (χ4n) is 6.51. The van der Waals surface area contributed by atoms with Gasteiger partial charge in [-0.15, -0.1) is 0 Å². The molecule has 4 saturated carbocycles. The minimum Gasteiger partial charge on any atom is -0.496 e. The molecule has 6 rings (SSSR count). The van der Waals surface area contributed by atoms with Crippen molar-refractivity contribution in [3.8, 4) is 5.75 Å². The number of hydrogen-bond acceptors (Lipinski definition) is 3. The maximum absolute atomic E-state index is 12.9. The monoisotopic (exact) mass is 376 g/mol. The number of amides is 1. The molecule has 0 spiro atoms. The van der Waals surface area contributed by atoms with Gasteiger partial charge in [-0.05, 0) is 92.0 Å². The third kappa shape index (κ3) is 2.86. The zero-order valence-corrected chi connectivity index (χ0v) is 16.4. The highest BCUT2D eigenvalue weighted by Gasteiger charge is 2.52. The Labute approximate surface area is 166 Å². The summed E-state index contributed by atoms with van der Waals surface area (Å²) in [5.74, 6) is 3.34. The van der Waals surface area contributed by atoms with Crippen molar-refractivity contribution in [3.05, 3.63) is 53.6 Å². The fraction of sp³-hybridized carbons (Fsp3) is 0.458. The van der Waals surface area contributed by atoms with Gasteiger partial charge in [0, 0.05) is 11.1 Å². The van der Waals surface area contributed by atoms with Crippen molar-refractivity contribution < 1.29 is 9.53 Å². The number of nitrogen functional groups attached to an aromatic ring is 1. The van der Waals surface area contributed by atoms with Crippen LogP contribution in [0.2, 0.25) is 0 Å². The van der Waals surface area contributed by atoms with Crippen molar-refractivity contribution in [1.29, 1.82) is 0 Å². The third-order valence-electron chi connectivity index (χ3n) is 7.28. The second-order valence-electron chi connectivity index (χ2n) is 9.15. The number of nitrogens with two attached hydrogens (primary N) is 1. The van der Waals surface area contributed by atoms with Crippen LogP contribution in [0.15, 0.2) is 42.5 Å². The first kappa shape index (κ1) is 17.6. The summed E-state index contributed by atoms with van der Waals surface area (Å²) in [4.78, 5) is 12.9. The zero-order valence-electron chi connectivity index (χ0n) is 16.4. The summed E-state index contributed by atoms with van der Waals surface area (Å²) in [5, 5.41) is 2.96. The highest BCUT2D eigenvalue weighted by molar-refractivity contribution is 6.06. The first-order valence-electron chi connectivity index (χ1n) is 10.4. The van der Waals surface area contributed by atoms with Crippen LogP contribution in [0.1, 0.15) is 54.4 Å². The molecule has 4 nitrogen and oxygen atoms in total. The number of ether oxygens (including phenoxy) is 1. The standard InChI is InChI=1S/C24H28N2O2/c1-28-22-7-6-18(23(27)26-21-5-3-2-4-20(21)25)11-19(22)24-12-15-8-16(13-24)10-17(9-15)14-24/h2-7,11,15-17H,8-10,12-14,25H2,1H3,(H,26,27). The van der Waals surface area contributed by atoms with Gasteiger partial charge in [0.15, 0.2) is 0 Å². The van der Waals surface area contributed by atoms with E-state index in [9.17, 15) is 4.79 Å². The minimum atomic E-state index is -0.119. The van der Waals surface area contributed by atoms with Gasteiger partial charge in [-0.2, -0.15) is 0 Å².